The predicted molar refractivity (Wildman–Crippen MR) is 82.5 cm³/mol. The van der Waals surface area contributed by atoms with Crippen LogP contribution in [0.5, 0.6) is 0 Å². The van der Waals surface area contributed by atoms with E-state index < -0.39 is 5.60 Å². The summed E-state index contributed by atoms with van der Waals surface area (Å²) in [5.74, 6) is 0.356. The highest BCUT2D eigenvalue weighted by Crippen LogP contribution is 2.28. The Morgan fingerprint density at radius 2 is 1.75 bits per heavy atom. The summed E-state index contributed by atoms with van der Waals surface area (Å²) in [7, 11) is 1.56. The average Bonchev–Trinajstić information content (AvgIpc) is 2.48. The summed E-state index contributed by atoms with van der Waals surface area (Å²) >= 11 is 0. The monoisotopic (exact) mass is 277 g/mol. The van der Waals surface area contributed by atoms with Crippen LogP contribution in [0.15, 0.2) is 30.3 Å². The summed E-state index contributed by atoms with van der Waals surface area (Å²) in [6.45, 7) is 7.91. The first-order valence-corrected chi connectivity index (χ1v) is 7.37. The second-order valence-electron chi connectivity index (χ2n) is 5.65. The summed E-state index contributed by atoms with van der Waals surface area (Å²) in [6, 6.07) is 10.2. The van der Waals surface area contributed by atoms with Crippen LogP contribution in [-0.4, -0.2) is 18.6 Å². The van der Waals surface area contributed by atoms with Crippen molar-refractivity contribution in [1.82, 2.24) is 5.32 Å². The number of benzene rings is 1. The van der Waals surface area contributed by atoms with E-state index in [1.54, 1.807) is 21.0 Å². The van der Waals surface area contributed by atoms with E-state index in [9.17, 15) is 4.79 Å². The fourth-order valence-electron chi connectivity index (χ4n) is 2.30. The SMILES string of the molecule is CCC(CC)C(NC(=O)C(C)(C)OC)c1ccccc1. The Morgan fingerprint density at radius 1 is 1.20 bits per heavy atom. The average molecular weight is 277 g/mol. The molecular weight excluding hydrogens is 250 g/mol. The molecule has 1 rings (SSSR count). The quantitative estimate of drug-likeness (QED) is 0.825. The molecular formula is C17H27NO2. The molecule has 0 radical (unpaired) electrons. The number of methoxy groups -OCH3 is 1. The highest BCUT2D eigenvalue weighted by Gasteiger charge is 2.31. The van der Waals surface area contributed by atoms with Gasteiger partial charge >= 0.3 is 0 Å². The number of nitrogens with one attached hydrogen (secondary N) is 1. The molecule has 0 fully saturated rings. The fraction of sp³-hybridized carbons (Fsp3) is 0.588. The van der Waals surface area contributed by atoms with Crippen molar-refractivity contribution in [3.8, 4) is 0 Å². The molecule has 0 bridgehead atoms. The molecule has 3 nitrogen and oxygen atoms in total. The van der Waals surface area contributed by atoms with E-state index in [1.165, 1.54) is 0 Å². The zero-order valence-corrected chi connectivity index (χ0v) is 13.3. The van der Waals surface area contributed by atoms with Gasteiger partial charge in [-0.15, -0.1) is 0 Å². The Hall–Kier alpha value is -1.35. The molecule has 0 aromatic heterocycles. The summed E-state index contributed by atoms with van der Waals surface area (Å²) in [4.78, 5) is 12.4. The van der Waals surface area contributed by atoms with Crippen LogP contribution in [0.2, 0.25) is 0 Å². The highest BCUT2D eigenvalue weighted by atomic mass is 16.5. The molecule has 1 N–H and O–H groups in total. The number of hydrogen-bond acceptors (Lipinski definition) is 2. The zero-order valence-electron chi connectivity index (χ0n) is 13.3. The first-order chi connectivity index (χ1) is 9.46. The number of carbonyl (C=O) groups excluding carboxylic acids is 1. The molecule has 3 heteroatoms. The standard InChI is InChI=1S/C17H27NO2/c1-6-13(7-2)15(14-11-9-8-10-12-14)18-16(19)17(3,4)20-5/h8-13,15H,6-7H2,1-5H3,(H,18,19). The molecule has 0 spiro atoms. The van der Waals surface area contributed by atoms with Crippen molar-refractivity contribution in [2.24, 2.45) is 5.92 Å². The molecule has 1 unspecified atom stereocenters. The van der Waals surface area contributed by atoms with E-state index in [0.717, 1.165) is 18.4 Å². The maximum absolute atomic E-state index is 12.4. The maximum Gasteiger partial charge on any atom is 0.252 e. The molecule has 0 aliphatic carbocycles. The Kier molecular flexibility index (Phi) is 6.21. The lowest BCUT2D eigenvalue weighted by atomic mass is 9.88. The Labute approximate surface area is 122 Å². The van der Waals surface area contributed by atoms with E-state index in [4.69, 9.17) is 4.74 Å². The van der Waals surface area contributed by atoms with Crippen LogP contribution in [0.4, 0.5) is 0 Å². The van der Waals surface area contributed by atoms with Crippen molar-refractivity contribution in [3.63, 3.8) is 0 Å². The molecule has 0 aliphatic rings. The van der Waals surface area contributed by atoms with Crippen molar-refractivity contribution >= 4 is 5.91 Å². The zero-order chi connectivity index (χ0) is 15.2. The van der Waals surface area contributed by atoms with Gasteiger partial charge in [-0.2, -0.15) is 0 Å². The number of amides is 1. The fourth-order valence-corrected chi connectivity index (χ4v) is 2.30. The Balaban J connectivity index is 2.98. The van der Waals surface area contributed by atoms with Gasteiger partial charge in [-0.25, -0.2) is 0 Å². The summed E-state index contributed by atoms with van der Waals surface area (Å²) in [5, 5.41) is 3.16. The van der Waals surface area contributed by atoms with Crippen LogP contribution in [0.3, 0.4) is 0 Å². The van der Waals surface area contributed by atoms with Crippen LogP contribution < -0.4 is 5.32 Å². The normalized spacial score (nSPS) is 13.3. The number of carbonyl (C=O) groups is 1. The van der Waals surface area contributed by atoms with Crippen LogP contribution in [-0.2, 0) is 9.53 Å². The second kappa shape index (κ2) is 7.44. The lowest BCUT2D eigenvalue weighted by Crippen LogP contribution is -2.46. The molecule has 1 aromatic rings. The summed E-state index contributed by atoms with van der Waals surface area (Å²) < 4.78 is 5.27. The molecule has 112 valence electrons. The van der Waals surface area contributed by atoms with E-state index in [-0.39, 0.29) is 11.9 Å². The molecule has 20 heavy (non-hydrogen) atoms. The van der Waals surface area contributed by atoms with Gasteiger partial charge in [0.05, 0.1) is 6.04 Å². The minimum atomic E-state index is -0.806. The minimum Gasteiger partial charge on any atom is -0.369 e. The molecule has 1 atom stereocenters. The van der Waals surface area contributed by atoms with Gasteiger partial charge in [0.2, 0.25) is 0 Å². The smallest absolute Gasteiger partial charge is 0.252 e. The van der Waals surface area contributed by atoms with Crippen molar-refractivity contribution in [3.05, 3.63) is 35.9 Å². The van der Waals surface area contributed by atoms with Gasteiger partial charge in [-0.3, -0.25) is 4.79 Å². The van der Waals surface area contributed by atoms with E-state index in [2.05, 4.69) is 31.3 Å². The van der Waals surface area contributed by atoms with Crippen molar-refractivity contribution in [2.45, 2.75) is 52.2 Å². The van der Waals surface area contributed by atoms with Gasteiger partial charge in [0, 0.05) is 7.11 Å². The summed E-state index contributed by atoms with van der Waals surface area (Å²) in [5.41, 5.74) is 0.348. The van der Waals surface area contributed by atoms with Gasteiger partial charge in [-0.05, 0) is 25.3 Å². The third kappa shape index (κ3) is 4.07. The van der Waals surface area contributed by atoms with Gasteiger partial charge in [0.1, 0.15) is 5.60 Å². The predicted octanol–water partition coefficient (Wildman–Crippen LogP) is 3.71. The lowest BCUT2D eigenvalue weighted by molar-refractivity contribution is -0.140. The second-order valence-corrected chi connectivity index (χ2v) is 5.65. The molecule has 0 heterocycles. The van der Waals surface area contributed by atoms with Crippen LogP contribution in [0.1, 0.15) is 52.1 Å². The topological polar surface area (TPSA) is 38.3 Å². The Morgan fingerprint density at radius 3 is 2.20 bits per heavy atom. The lowest BCUT2D eigenvalue weighted by Gasteiger charge is -2.31. The van der Waals surface area contributed by atoms with Crippen molar-refractivity contribution in [2.75, 3.05) is 7.11 Å². The highest BCUT2D eigenvalue weighted by molar-refractivity contribution is 5.84. The largest absolute Gasteiger partial charge is 0.369 e. The van der Waals surface area contributed by atoms with Crippen LogP contribution >= 0.6 is 0 Å². The third-order valence-corrected chi connectivity index (χ3v) is 4.02. The number of hydrogen-bond donors (Lipinski definition) is 1. The maximum atomic E-state index is 12.4. The minimum absolute atomic E-state index is 0.0353. The molecule has 0 saturated heterocycles. The van der Waals surface area contributed by atoms with E-state index in [0.29, 0.717) is 5.92 Å². The van der Waals surface area contributed by atoms with E-state index in [1.807, 2.05) is 18.2 Å². The van der Waals surface area contributed by atoms with Gasteiger partial charge in [0.15, 0.2) is 0 Å². The van der Waals surface area contributed by atoms with E-state index >= 15 is 0 Å². The first kappa shape index (κ1) is 16.7. The van der Waals surface area contributed by atoms with Crippen molar-refractivity contribution in [1.29, 1.82) is 0 Å². The number of ether oxygens (including phenoxy) is 1. The molecule has 1 aromatic carbocycles. The van der Waals surface area contributed by atoms with Gasteiger partial charge in [0.25, 0.3) is 5.91 Å². The van der Waals surface area contributed by atoms with Crippen LogP contribution in [0.25, 0.3) is 0 Å². The third-order valence-electron chi connectivity index (χ3n) is 4.02. The summed E-state index contributed by atoms with van der Waals surface area (Å²) in [6.07, 6.45) is 2.06. The molecule has 1 amide bonds. The first-order valence-electron chi connectivity index (χ1n) is 7.37. The van der Waals surface area contributed by atoms with Gasteiger partial charge in [-0.1, -0.05) is 57.0 Å². The Bertz CT molecular complexity index is 410. The van der Waals surface area contributed by atoms with Crippen molar-refractivity contribution < 1.29 is 9.53 Å². The number of rotatable bonds is 7. The molecule has 0 saturated carbocycles. The van der Waals surface area contributed by atoms with Crippen LogP contribution in [0, 0.1) is 5.92 Å². The van der Waals surface area contributed by atoms with Gasteiger partial charge < -0.3 is 10.1 Å². The molecule has 0 aliphatic heterocycles.